The zero-order valence-corrected chi connectivity index (χ0v) is 10.8. The molecule has 2 rings (SSSR count). The minimum absolute atomic E-state index is 0.209. The van der Waals surface area contributed by atoms with Gasteiger partial charge in [0.2, 0.25) is 5.78 Å². The third-order valence-corrected chi connectivity index (χ3v) is 2.79. The van der Waals surface area contributed by atoms with Gasteiger partial charge in [-0.2, -0.15) is 5.06 Å². The molecule has 1 amide bonds. The molecule has 23 heavy (non-hydrogen) atoms. The van der Waals surface area contributed by atoms with Crippen molar-refractivity contribution < 1.29 is 36.8 Å². The van der Waals surface area contributed by atoms with Gasteiger partial charge in [0.15, 0.2) is 23.3 Å². The topological polar surface area (TPSA) is 112 Å². The Morgan fingerprint density at radius 2 is 1.70 bits per heavy atom. The third kappa shape index (κ3) is 2.66. The van der Waals surface area contributed by atoms with E-state index in [9.17, 15) is 31.9 Å². The van der Waals surface area contributed by atoms with Crippen molar-refractivity contribution in [2.75, 3.05) is 6.54 Å². The fraction of sp³-hybridized carbons (Fsp3) is 0.182. The van der Waals surface area contributed by atoms with Crippen molar-refractivity contribution in [1.29, 1.82) is 0 Å². The van der Waals surface area contributed by atoms with Crippen LogP contribution in [0.5, 0.6) is 0 Å². The molecular weight excluding hydrogens is 328 g/mol. The molecular formula is C11H4F4N4O4. The van der Waals surface area contributed by atoms with Crippen LogP contribution in [-0.4, -0.2) is 29.3 Å². The highest BCUT2D eigenvalue weighted by atomic mass is 19.2. The van der Waals surface area contributed by atoms with E-state index in [4.69, 9.17) is 5.53 Å². The summed E-state index contributed by atoms with van der Waals surface area (Å²) in [5.74, 6) is -12.7. The van der Waals surface area contributed by atoms with Gasteiger partial charge >= 0.3 is 11.9 Å². The quantitative estimate of drug-likeness (QED) is 0.210. The normalized spacial score (nSPS) is 14.0. The van der Waals surface area contributed by atoms with Gasteiger partial charge in [0.1, 0.15) is 11.3 Å². The number of carbonyl (C=O) groups excluding carboxylic acids is 3. The largest absolute Gasteiger partial charge is 0.369 e. The lowest BCUT2D eigenvalue weighted by Gasteiger charge is -2.14. The number of rotatable bonds is 3. The van der Waals surface area contributed by atoms with Crippen LogP contribution in [0.4, 0.5) is 23.2 Å². The Kier molecular flexibility index (Phi) is 4.18. The van der Waals surface area contributed by atoms with Crippen LogP contribution in [0.15, 0.2) is 5.11 Å². The van der Waals surface area contributed by atoms with E-state index in [1.54, 1.807) is 0 Å². The number of halogens is 4. The van der Waals surface area contributed by atoms with Gasteiger partial charge in [0.25, 0.3) is 0 Å². The summed E-state index contributed by atoms with van der Waals surface area (Å²) < 4.78 is 54.4. The Morgan fingerprint density at radius 1 is 1.13 bits per heavy atom. The van der Waals surface area contributed by atoms with Gasteiger partial charge in [0.05, 0.1) is 6.54 Å². The second-order valence-electron chi connectivity index (χ2n) is 4.13. The Balaban J connectivity index is 2.44. The summed E-state index contributed by atoms with van der Waals surface area (Å²) in [4.78, 5) is 40.1. The summed E-state index contributed by atoms with van der Waals surface area (Å²) in [6, 6.07) is 0. The van der Waals surface area contributed by atoms with Crippen molar-refractivity contribution in [2.45, 2.75) is 6.42 Å². The predicted molar refractivity (Wildman–Crippen MR) is 61.8 cm³/mol. The van der Waals surface area contributed by atoms with E-state index in [1.807, 2.05) is 4.91 Å². The SMILES string of the molecule is [N-]=[N+]=Nc1c(F)c(F)c(C(=O)ON2CCC(=O)C2=O)c(F)c1F. The first-order valence-corrected chi connectivity index (χ1v) is 5.77. The Hall–Kier alpha value is -3.14. The Labute approximate surface area is 123 Å². The number of hydrogen-bond acceptors (Lipinski definition) is 5. The minimum Gasteiger partial charge on any atom is -0.332 e. The molecule has 0 unspecified atom stereocenters. The van der Waals surface area contributed by atoms with Gasteiger partial charge in [-0.15, -0.1) is 0 Å². The summed E-state index contributed by atoms with van der Waals surface area (Å²) in [7, 11) is 0. The number of nitrogens with zero attached hydrogens (tertiary/aromatic N) is 4. The number of hydroxylamine groups is 2. The molecule has 12 heteroatoms. The zero-order chi connectivity index (χ0) is 17.3. The van der Waals surface area contributed by atoms with Gasteiger partial charge in [0, 0.05) is 11.3 Å². The lowest BCUT2D eigenvalue weighted by atomic mass is 10.1. The molecule has 0 saturated carbocycles. The second-order valence-corrected chi connectivity index (χ2v) is 4.13. The number of carbonyl (C=O) groups is 3. The summed E-state index contributed by atoms with van der Waals surface area (Å²) in [5, 5.41) is 2.65. The van der Waals surface area contributed by atoms with Crippen LogP contribution in [0.2, 0.25) is 0 Å². The van der Waals surface area contributed by atoms with Crippen molar-refractivity contribution >= 4 is 23.3 Å². The molecule has 0 bridgehead atoms. The first-order valence-electron chi connectivity index (χ1n) is 5.77. The van der Waals surface area contributed by atoms with Crippen LogP contribution in [0.25, 0.3) is 10.4 Å². The maximum absolute atomic E-state index is 13.7. The van der Waals surface area contributed by atoms with Gasteiger partial charge in [-0.1, -0.05) is 5.11 Å². The van der Waals surface area contributed by atoms with Crippen LogP contribution in [-0.2, 0) is 14.4 Å². The van der Waals surface area contributed by atoms with Crippen LogP contribution in [0.1, 0.15) is 16.8 Å². The standard InChI is InChI=1S/C11H4F4N4O4/c12-5-4(6(13)8(15)9(7(5)14)17-18-16)11(22)23-19-2-1-3(20)10(19)21/h1-2H2. The van der Waals surface area contributed by atoms with Crippen molar-refractivity contribution in [3.63, 3.8) is 0 Å². The summed E-state index contributed by atoms with van der Waals surface area (Å²) in [6.45, 7) is -0.367. The highest BCUT2D eigenvalue weighted by molar-refractivity contribution is 6.37. The number of amides is 1. The molecule has 1 saturated heterocycles. The second kappa shape index (κ2) is 5.93. The lowest BCUT2D eigenvalue weighted by Crippen LogP contribution is -2.31. The van der Waals surface area contributed by atoms with Crippen molar-refractivity contribution in [2.24, 2.45) is 5.11 Å². The number of Topliss-reactive ketones (excluding diaryl/α,β-unsaturated/α-hetero) is 1. The van der Waals surface area contributed by atoms with Crippen LogP contribution >= 0.6 is 0 Å². The zero-order valence-electron chi connectivity index (χ0n) is 10.8. The third-order valence-electron chi connectivity index (χ3n) is 2.79. The van der Waals surface area contributed by atoms with Gasteiger partial charge in [-0.25, -0.2) is 22.4 Å². The van der Waals surface area contributed by atoms with E-state index in [-0.39, 0.29) is 18.0 Å². The fourth-order valence-corrected chi connectivity index (χ4v) is 1.72. The average Bonchev–Trinajstić information content (AvgIpc) is 2.82. The van der Waals surface area contributed by atoms with Crippen LogP contribution < -0.4 is 0 Å². The molecule has 1 fully saturated rings. The van der Waals surface area contributed by atoms with E-state index >= 15 is 0 Å². The van der Waals surface area contributed by atoms with E-state index in [0.29, 0.717) is 0 Å². The highest BCUT2D eigenvalue weighted by Crippen LogP contribution is 2.31. The van der Waals surface area contributed by atoms with Crippen molar-refractivity contribution in [3.8, 4) is 0 Å². The van der Waals surface area contributed by atoms with Crippen molar-refractivity contribution in [1.82, 2.24) is 5.06 Å². The van der Waals surface area contributed by atoms with E-state index in [2.05, 4.69) is 9.95 Å². The van der Waals surface area contributed by atoms with Gasteiger partial charge in [-0.05, 0) is 5.53 Å². The molecule has 1 heterocycles. The first kappa shape index (κ1) is 16.2. The maximum Gasteiger partial charge on any atom is 0.369 e. The van der Waals surface area contributed by atoms with Gasteiger partial charge < -0.3 is 4.84 Å². The van der Waals surface area contributed by atoms with Crippen LogP contribution in [0.3, 0.4) is 0 Å². The monoisotopic (exact) mass is 332 g/mol. The molecule has 8 nitrogen and oxygen atoms in total. The van der Waals surface area contributed by atoms with Gasteiger partial charge in [-0.3, -0.25) is 9.59 Å². The van der Waals surface area contributed by atoms with E-state index in [1.165, 1.54) is 0 Å². The average molecular weight is 332 g/mol. The Bertz CT molecular complexity index is 762. The number of hydrogen-bond donors (Lipinski definition) is 0. The fourth-order valence-electron chi connectivity index (χ4n) is 1.72. The molecule has 0 aromatic heterocycles. The summed E-state index contributed by atoms with van der Waals surface area (Å²) >= 11 is 0. The van der Waals surface area contributed by atoms with Crippen molar-refractivity contribution in [3.05, 3.63) is 39.3 Å². The van der Waals surface area contributed by atoms with E-state index < -0.39 is 52.2 Å². The van der Waals surface area contributed by atoms with Crippen LogP contribution in [0, 0.1) is 23.3 Å². The molecule has 0 radical (unpaired) electrons. The number of azide groups is 1. The highest BCUT2D eigenvalue weighted by Gasteiger charge is 2.36. The maximum atomic E-state index is 13.7. The molecule has 1 aliphatic rings. The molecule has 1 aromatic carbocycles. The van der Waals surface area contributed by atoms with E-state index in [0.717, 1.165) is 0 Å². The molecule has 1 aromatic rings. The summed E-state index contributed by atoms with van der Waals surface area (Å²) in [5.41, 5.74) is 4.71. The number of benzene rings is 1. The first-order chi connectivity index (χ1) is 10.8. The predicted octanol–water partition coefficient (Wildman–Crippen LogP) is 2.06. The Morgan fingerprint density at radius 3 is 2.13 bits per heavy atom. The molecule has 0 N–H and O–H groups in total. The molecule has 120 valence electrons. The molecule has 0 spiro atoms. The molecule has 0 atom stereocenters. The minimum atomic E-state index is -2.17. The lowest BCUT2D eigenvalue weighted by molar-refractivity contribution is -0.163. The molecule has 1 aliphatic heterocycles. The number of ketones is 1. The summed E-state index contributed by atoms with van der Waals surface area (Å²) in [6.07, 6.45) is -0.296. The smallest absolute Gasteiger partial charge is 0.332 e. The molecule has 0 aliphatic carbocycles.